The molecule has 0 aromatic carbocycles. The predicted octanol–water partition coefficient (Wildman–Crippen LogP) is 0.993. The van der Waals surface area contributed by atoms with Gasteiger partial charge in [0.1, 0.15) is 0 Å². The lowest BCUT2D eigenvalue weighted by Crippen LogP contribution is -2.16. The Morgan fingerprint density at radius 1 is 1.75 bits per heavy atom. The largest absolute Gasteiger partial charge is 0.425 e. The van der Waals surface area contributed by atoms with Crippen molar-refractivity contribution in [3.63, 3.8) is 0 Å². The zero-order chi connectivity index (χ0) is 8.97. The first-order valence-electron chi connectivity index (χ1n) is 4.11. The topological polar surface area (TPSA) is 52.6 Å². The van der Waals surface area contributed by atoms with Crippen LogP contribution in [0.15, 0.2) is 0 Å². The molecule has 1 rings (SSSR count). The van der Waals surface area contributed by atoms with E-state index in [1.807, 2.05) is 6.92 Å². The molecular formula is C8H12O4. The fourth-order valence-electron chi connectivity index (χ4n) is 0.993. The minimum Gasteiger partial charge on any atom is -0.425 e. The van der Waals surface area contributed by atoms with Crippen LogP contribution in [0, 0.1) is 0 Å². The van der Waals surface area contributed by atoms with E-state index in [-0.39, 0.29) is 11.9 Å². The van der Waals surface area contributed by atoms with Crippen LogP contribution in [0.5, 0.6) is 0 Å². The summed E-state index contributed by atoms with van der Waals surface area (Å²) in [6, 6.07) is 0. The Balaban J connectivity index is 2.23. The summed E-state index contributed by atoms with van der Waals surface area (Å²) in [5.74, 6) is -0.582. The van der Waals surface area contributed by atoms with Gasteiger partial charge in [0.25, 0.3) is 0 Å². The molecule has 68 valence electrons. The summed E-state index contributed by atoms with van der Waals surface area (Å²) in [5.41, 5.74) is 0. The molecule has 0 saturated carbocycles. The van der Waals surface area contributed by atoms with Crippen LogP contribution in [0.4, 0.5) is 0 Å². The fourth-order valence-corrected chi connectivity index (χ4v) is 0.993. The molecule has 0 aromatic rings. The fraction of sp³-hybridized carbons (Fsp3) is 0.750. The maximum absolute atomic E-state index is 10.9. The number of ether oxygens (including phenoxy) is 2. The minimum absolute atomic E-state index is 0.288. The van der Waals surface area contributed by atoms with Crippen LogP contribution < -0.4 is 0 Å². The second kappa shape index (κ2) is 4.09. The Hall–Kier alpha value is -1.06. The Morgan fingerprint density at radius 3 is 3.00 bits per heavy atom. The lowest BCUT2D eigenvalue weighted by Gasteiger charge is -2.09. The molecule has 0 bridgehead atoms. The molecule has 1 aliphatic heterocycles. The summed E-state index contributed by atoms with van der Waals surface area (Å²) in [7, 11) is 0. The SMILES string of the molecule is CCCC(=O)OC1CCC(=O)O1. The van der Waals surface area contributed by atoms with E-state index in [4.69, 9.17) is 9.47 Å². The van der Waals surface area contributed by atoms with Crippen molar-refractivity contribution in [3.05, 3.63) is 0 Å². The van der Waals surface area contributed by atoms with Gasteiger partial charge in [0.15, 0.2) is 0 Å². The zero-order valence-corrected chi connectivity index (χ0v) is 7.04. The molecule has 4 nitrogen and oxygen atoms in total. The predicted molar refractivity (Wildman–Crippen MR) is 40.1 cm³/mol. The van der Waals surface area contributed by atoms with Crippen LogP contribution in [0.1, 0.15) is 32.6 Å². The van der Waals surface area contributed by atoms with Crippen molar-refractivity contribution in [2.75, 3.05) is 0 Å². The average Bonchev–Trinajstić information content (AvgIpc) is 2.36. The van der Waals surface area contributed by atoms with E-state index in [1.54, 1.807) is 0 Å². The lowest BCUT2D eigenvalue weighted by molar-refractivity contribution is -0.176. The molecule has 1 heterocycles. The number of carbonyl (C=O) groups excluding carboxylic acids is 2. The van der Waals surface area contributed by atoms with Crippen LogP contribution in [0.25, 0.3) is 0 Å². The molecule has 0 N–H and O–H groups in total. The van der Waals surface area contributed by atoms with Gasteiger partial charge in [-0.1, -0.05) is 6.92 Å². The minimum atomic E-state index is -0.628. The third-order valence-electron chi connectivity index (χ3n) is 1.56. The van der Waals surface area contributed by atoms with E-state index in [0.717, 1.165) is 6.42 Å². The van der Waals surface area contributed by atoms with Gasteiger partial charge in [-0.3, -0.25) is 9.59 Å². The standard InChI is InChI=1S/C8H12O4/c1-2-3-6(9)11-8-5-4-7(10)12-8/h8H,2-5H2,1H3. The second-order valence-corrected chi connectivity index (χ2v) is 2.70. The molecule has 0 aliphatic carbocycles. The van der Waals surface area contributed by atoms with Gasteiger partial charge >= 0.3 is 11.9 Å². The number of rotatable bonds is 3. The van der Waals surface area contributed by atoms with Gasteiger partial charge in [-0.15, -0.1) is 0 Å². The normalized spacial score (nSPS) is 22.1. The highest BCUT2D eigenvalue weighted by Gasteiger charge is 2.25. The maximum Gasteiger partial charge on any atom is 0.309 e. The number of cyclic esters (lactones) is 1. The van der Waals surface area contributed by atoms with Gasteiger partial charge in [0.05, 0.1) is 6.42 Å². The summed E-state index contributed by atoms with van der Waals surface area (Å²) in [5, 5.41) is 0. The Morgan fingerprint density at radius 2 is 2.50 bits per heavy atom. The average molecular weight is 172 g/mol. The number of carbonyl (C=O) groups is 2. The van der Waals surface area contributed by atoms with Gasteiger partial charge in [-0.2, -0.15) is 0 Å². The molecule has 4 heteroatoms. The molecule has 12 heavy (non-hydrogen) atoms. The van der Waals surface area contributed by atoms with Gasteiger partial charge in [0.2, 0.25) is 6.29 Å². The highest BCUT2D eigenvalue weighted by atomic mass is 16.7. The number of hydrogen-bond acceptors (Lipinski definition) is 4. The molecule has 0 amide bonds. The van der Waals surface area contributed by atoms with Crippen molar-refractivity contribution in [3.8, 4) is 0 Å². The molecule has 1 aliphatic rings. The number of esters is 2. The molecule has 0 radical (unpaired) electrons. The van der Waals surface area contributed by atoms with E-state index < -0.39 is 6.29 Å². The van der Waals surface area contributed by atoms with Crippen LogP contribution in [-0.4, -0.2) is 18.2 Å². The van der Waals surface area contributed by atoms with E-state index in [2.05, 4.69) is 0 Å². The van der Waals surface area contributed by atoms with Crippen LogP contribution in [0.3, 0.4) is 0 Å². The first-order valence-corrected chi connectivity index (χ1v) is 4.11. The zero-order valence-electron chi connectivity index (χ0n) is 7.04. The molecular weight excluding hydrogens is 160 g/mol. The van der Waals surface area contributed by atoms with Crippen molar-refractivity contribution in [2.45, 2.75) is 38.9 Å². The van der Waals surface area contributed by atoms with Crippen LogP contribution in [-0.2, 0) is 19.1 Å². The molecule has 1 atom stereocenters. The monoisotopic (exact) mass is 172 g/mol. The van der Waals surface area contributed by atoms with Crippen molar-refractivity contribution >= 4 is 11.9 Å². The van der Waals surface area contributed by atoms with E-state index in [0.29, 0.717) is 19.3 Å². The van der Waals surface area contributed by atoms with E-state index in [1.165, 1.54) is 0 Å². The quantitative estimate of drug-likeness (QED) is 0.596. The van der Waals surface area contributed by atoms with E-state index in [9.17, 15) is 9.59 Å². The third kappa shape index (κ3) is 2.53. The van der Waals surface area contributed by atoms with Gasteiger partial charge in [-0.05, 0) is 6.42 Å². The van der Waals surface area contributed by atoms with Crippen molar-refractivity contribution in [1.29, 1.82) is 0 Å². The summed E-state index contributed by atoms with van der Waals surface area (Å²) < 4.78 is 9.54. The second-order valence-electron chi connectivity index (χ2n) is 2.70. The lowest BCUT2D eigenvalue weighted by atomic mass is 10.3. The first-order chi connectivity index (χ1) is 5.72. The highest BCUT2D eigenvalue weighted by Crippen LogP contribution is 2.15. The van der Waals surface area contributed by atoms with E-state index >= 15 is 0 Å². The Kier molecular flexibility index (Phi) is 3.08. The molecule has 1 unspecified atom stereocenters. The first kappa shape index (κ1) is 9.03. The van der Waals surface area contributed by atoms with Crippen molar-refractivity contribution < 1.29 is 19.1 Å². The smallest absolute Gasteiger partial charge is 0.309 e. The Bertz CT molecular complexity index is 187. The summed E-state index contributed by atoms with van der Waals surface area (Å²) >= 11 is 0. The van der Waals surface area contributed by atoms with Crippen LogP contribution in [0.2, 0.25) is 0 Å². The molecule has 1 fully saturated rings. The van der Waals surface area contributed by atoms with Crippen LogP contribution >= 0.6 is 0 Å². The van der Waals surface area contributed by atoms with Gasteiger partial charge in [-0.25, -0.2) is 0 Å². The maximum atomic E-state index is 10.9. The third-order valence-corrected chi connectivity index (χ3v) is 1.56. The van der Waals surface area contributed by atoms with Gasteiger partial charge < -0.3 is 9.47 Å². The molecule has 0 spiro atoms. The van der Waals surface area contributed by atoms with Crippen molar-refractivity contribution in [1.82, 2.24) is 0 Å². The van der Waals surface area contributed by atoms with Gasteiger partial charge in [0, 0.05) is 12.8 Å². The summed E-state index contributed by atoms with van der Waals surface area (Å²) in [6.07, 6.45) is 1.35. The molecule has 1 saturated heterocycles. The summed E-state index contributed by atoms with van der Waals surface area (Å²) in [6.45, 7) is 1.89. The molecule has 0 aromatic heterocycles. The Labute approximate surface area is 70.8 Å². The number of hydrogen-bond donors (Lipinski definition) is 0. The summed E-state index contributed by atoms with van der Waals surface area (Å²) in [4.78, 5) is 21.5. The highest BCUT2D eigenvalue weighted by molar-refractivity contribution is 5.73. The van der Waals surface area contributed by atoms with Crippen molar-refractivity contribution in [2.24, 2.45) is 0 Å².